The maximum atomic E-state index is 13.4. The van der Waals surface area contributed by atoms with Crippen LogP contribution in [0.3, 0.4) is 0 Å². The molecule has 2 aliphatic rings. The topological polar surface area (TPSA) is 80.3 Å². The van der Waals surface area contributed by atoms with E-state index in [1.165, 1.54) is 0 Å². The highest BCUT2D eigenvalue weighted by Gasteiger charge is 2.34. The lowest BCUT2D eigenvalue weighted by Crippen LogP contribution is -2.52. The molecule has 0 aromatic heterocycles. The third-order valence-electron chi connectivity index (χ3n) is 6.84. The van der Waals surface area contributed by atoms with Crippen molar-refractivity contribution >= 4 is 17.6 Å². The van der Waals surface area contributed by atoms with E-state index >= 15 is 0 Å². The molecule has 0 unspecified atom stereocenters. The van der Waals surface area contributed by atoms with Crippen molar-refractivity contribution in [1.82, 2.24) is 10.2 Å². The number of benzene rings is 2. The summed E-state index contributed by atoms with van der Waals surface area (Å²) in [4.78, 5) is 29.9. The molecule has 0 radical (unpaired) electrons. The predicted octanol–water partition coefficient (Wildman–Crippen LogP) is 3.87. The van der Waals surface area contributed by atoms with E-state index in [4.69, 9.17) is 14.2 Å². The molecule has 1 saturated heterocycles. The van der Waals surface area contributed by atoms with Gasteiger partial charge in [0.15, 0.2) is 0 Å². The van der Waals surface area contributed by atoms with Gasteiger partial charge in [0.1, 0.15) is 23.4 Å². The van der Waals surface area contributed by atoms with E-state index in [1.54, 1.807) is 14.2 Å². The lowest BCUT2D eigenvalue weighted by molar-refractivity contribution is -0.126. The number of urea groups is 1. The zero-order valence-electron chi connectivity index (χ0n) is 20.8. The van der Waals surface area contributed by atoms with Gasteiger partial charge < -0.3 is 24.4 Å². The first-order valence-electron chi connectivity index (χ1n) is 12.3. The van der Waals surface area contributed by atoms with Crippen LogP contribution < -0.4 is 24.4 Å². The lowest BCUT2D eigenvalue weighted by Gasteiger charge is -2.39. The number of para-hydroxylation sites is 2. The standard InChI is InChI=1S/C27H35N3O5/c1-4-21-18-30(23-7-5-6-8-25(23)35-21)27(32)29-15-12-19(13-16-29)26(31)28-14-11-20-17-22(33-2)9-10-24(20)34-3/h5-10,17,19,21H,4,11-16,18H2,1-3H3,(H,28,31)/t21-/m0/s1. The number of amides is 3. The van der Waals surface area contributed by atoms with Crippen molar-refractivity contribution < 1.29 is 23.8 Å². The minimum atomic E-state index is -0.0911. The molecule has 188 valence electrons. The fourth-order valence-corrected chi connectivity index (χ4v) is 4.74. The minimum absolute atomic E-state index is 0.0109. The van der Waals surface area contributed by atoms with Crippen LogP contribution in [0.15, 0.2) is 42.5 Å². The van der Waals surface area contributed by atoms with E-state index in [1.807, 2.05) is 52.3 Å². The molecule has 8 nitrogen and oxygen atoms in total. The molecule has 0 saturated carbocycles. The highest BCUT2D eigenvalue weighted by molar-refractivity contribution is 5.94. The van der Waals surface area contributed by atoms with Crippen molar-refractivity contribution in [3.63, 3.8) is 0 Å². The van der Waals surface area contributed by atoms with Gasteiger partial charge in [0.05, 0.1) is 26.5 Å². The summed E-state index contributed by atoms with van der Waals surface area (Å²) in [5, 5.41) is 3.06. The Morgan fingerprint density at radius 1 is 1.09 bits per heavy atom. The fraction of sp³-hybridized carbons (Fsp3) is 0.481. The number of hydrogen-bond acceptors (Lipinski definition) is 5. The number of carbonyl (C=O) groups is 2. The van der Waals surface area contributed by atoms with Crippen LogP contribution in [0.25, 0.3) is 0 Å². The maximum absolute atomic E-state index is 13.4. The van der Waals surface area contributed by atoms with Crippen LogP contribution in [0.2, 0.25) is 0 Å². The van der Waals surface area contributed by atoms with Gasteiger partial charge in [0.25, 0.3) is 0 Å². The van der Waals surface area contributed by atoms with Gasteiger partial charge in [-0.05, 0) is 61.6 Å². The van der Waals surface area contributed by atoms with Gasteiger partial charge in [0.2, 0.25) is 5.91 Å². The molecule has 35 heavy (non-hydrogen) atoms. The molecular weight excluding hydrogens is 446 g/mol. The molecule has 2 heterocycles. The summed E-state index contributed by atoms with van der Waals surface area (Å²) in [7, 11) is 3.27. The monoisotopic (exact) mass is 481 g/mol. The first-order valence-corrected chi connectivity index (χ1v) is 12.3. The fourth-order valence-electron chi connectivity index (χ4n) is 4.74. The largest absolute Gasteiger partial charge is 0.497 e. The van der Waals surface area contributed by atoms with Gasteiger partial charge in [-0.3, -0.25) is 9.69 Å². The van der Waals surface area contributed by atoms with Crippen LogP contribution in [0, 0.1) is 5.92 Å². The van der Waals surface area contributed by atoms with Crippen LogP contribution in [-0.2, 0) is 11.2 Å². The van der Waals surface area contributed by atoms with Crippen molar-refractivity contribution in [1.29, 1.82) is 0 Å². The number of ether oxygens (including phenoxy) is 3. The Balaban J connectivity index is 1.29. The van der Waals surface area contributed by atoms with Crippen molar-refractivity contribution in [3.8, 4) is 17.2 Å². The lowest BCUT2D eigenvalue weighted by atomic mass is 9.96. The number of rotatable bonds is 7. The average Bonchev–Trinajstić information content (AvgIpc) is 2.91. The number of anilines is 1. The van der Waals surface area contributed by atoms with Gasteiger partial charge >= 0.3 is 6.03 Å². The average molecular weight is 482 g/mol. The Morgan fingerprint density at radius 2 is 1.86 bits per heavy atom. The Kier molecular flexibility index (Phi) is 8.00. The summed E-state index contributed by atoms with van der Waals surface area (Å²) in [6, 6.07) is 13.3. The molecule has 1 fully saturated rings. The zero-order chi connectivity index (χ0) is 24.8. The molecule has 0 bridgehead atoms. The Morgan fingerprint density at radius 3 is 2.57 bits per heavy atom. The normalized spacial score (nSPS) is 17.9. The number of carbonyl (C=O) groups excluding carboxylic acids is 2. The molecule has 2 aliphatic heterocycles. The quantitative estimate of drug-likeness (QED) is 0.649. The Hall–Kier alpha value is -3.42. The zero-order valence-corrected chi connectivity index (χ0v) is 20.8. The number of hydrogen-bond donors (Lipinski definition) is 1. The minimum Gasteiger partial charge on any atom is -0.497 e. The van der Waals surface area contributed by atoms with Gasteiger partial charge in [0, 0.05) is 25.6 Å². The Bertz CT molecular complexity index is 1040. The number of methoxy groups -OCH3 is 2. The third kappa shape index (κ3) is 5.63. The predicted molar refractivity (Wildman–Crippen MR) is 134 cm³/mol. The highest BCUT2D eigenvalue weighted by atomic mass is 16.5. The molecule has 8 heteroatoms. The first-order chi connectivity index (χ1) is 17.0. The summed E-state index contributed by atoms with van der Waals surface area (Å²) >= 11 is 0. The molecule has 1 N–H and O–H groups in total. The van der Waals surface area contributed by atoms with E-state index in [-0.39, 0.29) is 24.0 Å². The van der Waals surface area contributed by atoms with Gasteiger partial charge in [-0.15, -0.1) is 0 Å². The van der Waals surface area contributed by atoms with E-state index < -0.39 is 0 Å². The highest BCUT2D eigenvalue weighted by Crippen LogP contribution is 2.35. The van der Waals surface area contributed by atoms with Crippen LogP contribution in [-0.4, -0.2) is 63.3 Å². The SMILES string of the molecule is CC[C@H]1CN(C(=O)N2CCC(C(=O)NCCc3cc(OC)ccc3OC)CC2)c2ccccc2O1. The van der Waals surface area contributed by atoms with Crippen LogP contribution >= 0.6 is 0 Å². The number of fused-ring (bicyclic) bond motifs is 1. The molecule has 0 spiro atoms. The molecule has 4 rings (SSSR count). The van der Waals surface area contributed by atoms with Crippen LogP contribution in [0.1, 0.15) is 31.7 Å². The second kappa shape index (κ2) is 11.3. The number of nitrogens with one attached hydrogen (secondary N) is 1. The summed E-state index contributed by atoms with van der Waals surface area (Å²) in [5.41, 5.74) is 1.80. The van der Waals surface area contributed by atoms with E-state index in [2.05, 4.69) is 12.2 Å². The summed E-state index contributed by atoms with van der Waals surface area (Å²) in [6.45, 7) is 4.26. The van der Waals surface area contributed by atoms with Crippen molar-refractivity contribution in [2.24, 2.45) is 5.92 Å². The van der Waals surface area contributed by atoms with Gasteiger partial charge in [-0.25, -0.2) is 4.79 Å². The molecule has 2 aromatic rings. The van der Waals surface area contributed by atoms with Crippen LogP contribution in [0.5, 0.6) is 17.2 Å². The molecule has 2 aromatic carbocycles. The van der Waals surface area contributed by atoms with E-state index in [0.29, 0.717) is 45.4 Å². The molecule has 3 amide bonds. The van der Waals surface area contributed by atoms with E-state index in [0.717, 1.165) is 34.9 Å². The molecule has 1 atom stereocenters. The van der Waals surface area contributed by atoms with Crippen molar-refractivity contribution in [3.05, 3.63) is 48.0 Å². The van der Waals surface area contributed by atoms with Gasteiger partial charge in [-0.2, -0.15) is 0 Å². The van der Waals surface area contributed by atoms with Crippen molar-refractivity contribution in [2.75, 3.05) is 45.3 Å². The second-order valence-corrected chi connectivity index (χ2v) is 8.99. The number of likely N-dealkylation sites (tertiary alicyclic amines) is 1. The summed E-state index contributed by atoms with van der Waals surface area (Å²) < 4.78 is 16.7. The maximum Gasteiger partial charge on any atom is 0.324 e. The third-order valence-corrected chi connectivity index (χ3v) is 6.84. The smallest absolute Gasteiger partial charge is 0.324 e. The van der Waals surface area contributed by atoms with Crippen molar-refractivity contribution in [2.45, 2.75) is 38.7 Å². The number of piperidine rings is 1. The summed E-state index contributed by atoms with van der Waals surface area (Å²) in [6.07, 6.45) is 2.79. The molecular formula is C27H35N3O5. The Labute approximate surface area is 207 Å². The number of nitrogens with zero attached hydrogens (tertiary/aromatic N) is 2. The first kappa shape index (κ1) is 24.7. The van der Waals surface area contributed by atoms with E-state index in [9.17, 15) is 9.59 Å². The summed E-state index contributed by atoms with van der Waals surface area (Å²) in [5.74, 6) is 2.24. The second-order valence-electron chi connectivity index (χ2n) is 8.99. The molecule has 0 aliphatic carbocycles. The van der Waals surface area contributed by atoms with Gasteiger partial charge in [-0.1, -0.05) is 19.1 Å². The van der Waals surface area contributed by atoms with Crippen LogP contribution in [0.4, 0.5) is 10.5 Å².